The van der Waals surface area contributed by atoms with E-state index in [1.165, 1.54) is 17.7 Å². The van der Waals surface area contributed by atoms with E-state index in [9.17, 15) is 10.1 Å². The Morgan fingerprint density at radius 2 is 1.86 bits per heavy atom. The van der Waals surface area contributed by atoms with E-state index < -0.39 is 4.92 Å². The van der Waals surface area contributed by atoms with Gasteiger partial charge in [-0.05, 0) is 36.1 Å². The van der Waals surface area contributed by atoms with Crippen LogP contribution in [0.3, 0.4) is 0 Å². The molecule has 7 nitrogen and oxygen atoms in total. The van der Waals surface area contributed by atoms with Gasteiger partial charge in [-0.2, -0.15) is 0 Å². The van der Waals surface area contributed by atoms with E-state index in [-0.39, 0.29) is 5.69 Å². The van der Waals surface area contributed by atoms with Crippen LogP contribution in [0.1, 0.15) is 17.5 Å². The molecule has 1 saturated heterocycles. The topological polar surface area (TPSA) is 88.8 Å². The molecule has 0 bridgehead atoms. The molecule has 2 aromatic carbocycles. The van der Waals surface area contributed by atoms with Gasteiger partial charge in [0.15, 0.2) is 5.96 Å². The van der Waals surface area contributed by atoms with Crippen LogP contribution in [0.5, 0.6) is 0 Å². The number of hydrogen-bond acceptors (Lipinski definition) is 4. The molecule has 1 unspecified atom stereocenters. The molecule has 0 amide bonds. The summed E-state index contributed by atoms with van der Waals surface area (Å²) in [6.45, 7) is 3.55. The molecule has 0 spiro atoms. The molecule has 1 fully saturated rings. The highest BCUT2D eigenvalue weighted by Crippen LogP contribution is 2.13. The molecule has 2 aromatic rings. The summed E-state index contributed by atoms with van der Waals surface area (Å²) >= 11 is 5.93. The van der Waals surface area contributed by atoms with E-state index in [1.54, 1.807) is 12.1 Å². The number of halogens is 1. The Morgan fingerprint density at radius 3 is 2.52 bits per heavy atom. The van der Waals surface area contributed by atoms with Crippen molar-refractivity contribution < 1.29 is 9.66 Å². The third-order valence-electron chi connectivity index (χ3n) is 4.77. The van der Waals surface area contributed by atoms with Crippen molar-refractivity contribution in [2.75, 3.05) is 26.3 Å². The standard InChI is InChI=1S/C21H25ClN4O3/c22-19-5-1-16(2-6-19)9-11-23-21(25-14-18-10-12-29-15-18)24-13-17-3-7-20(8-4-17)26(27)28/h1-8,18H,9-15H2,(H2,23,24,25). The van der Waals surface area contributed by atoms with Crippen LogP contribution in [0.25, 0.3) is 0 Å². The third-order valence-corrected chi connectivity index (χ3v) is 5.02. The van der Waals surface area contributed by atoms with Gasteiger partial charge in [0.2, 0.25) is 0 Å². The fourth-order valence-corrected chi connectivity index (χ4v) is 3.16. The van der Waals surface area contributed by atoms with E-state index in [2.05, 4.69) is 15.6 Å². The summed E-state index contributed by atoms with van der Waals surface area (Å²) in [5.74, 6) is 1.21. The zero-order chi connectivity index (χ0) is 20.5. The molecule has 1 aliphatic rings. The molecule has 29 heavy (non-hydrogen) atoms. The highest BCUT2D eigenvalue weighted by Gasteiger charge is 2.15. The molecular formula is C21H25ClN4O3. The summed E-state index contributed by atoms with van der Waals surface area (Å²) in [5, 5.41) is 18.3. The number of nitrogens with one attached hydrogen (secondary N) is 2. The predicted octanol–water partition coefficient (Wildman–Crippen LogP) is 3.56. The third kappa shape index (κ3) is 7.03. The van der Waals surface area contributed by atoms with E-state index in [1.807, 2.05) is 24.3 Å². The van der Waals surface area contributed by atoms with Crippen LogP contribution >= 0.6 is 11.6 Å². The van der Waals surface area contributed by atoms with Gasteiger partial charge in [0.1, 0.15) is 0 Å². The summed E-state index contributed by atoms with van der Waals surface area (Å²) in [4.78, 5) is 15.0. The van der Waals surface area contributed by atoms with Crippen molar-refractivity contribution in [3.05, 3.63) is 74.8 Å². The SMILES string of the molecule is O=[N+]([O-])c1ccc(CN=C(NCCc2ccc(Cl)cc2)NCC2CCOC2)cc1. The number of aliphatic imine (C=N–C) groups is 1. The first kappa shape index (κ1) is 21.1. The van der Waals surface area contributed by atoms with Crippen molar-refractivity contribution in [3.63, 3.8) is 0 Å². The van der Waals surface area contributed by atoms with Crippen molar-refractivity contribution in [1.29, 1.82) is 0 Å². The lowest BCUT2D eigenvalue weighted by atomic mass is 10.1. The van der Waals surface area contributed by atoms with Crippen molar-refractivity contribution in [2.24, 2.45) is 10.9 Å². The van der Waals surface area contributed by atoms with Crippen molar-refractivity contribution in [2.45, 2.75) is 19.4 Å². The summed E-state index contributed by atoms with van der Waals surface area (Å²) in [6, 6.07) is 14.3. The van der Waals surface area contributed by atoms with Crippen molar-refractivity contribution in [3.8, 4) is 0 Å². The first-order valence-corrected chi connectivity index (χ1v) is 10.1. The first-order valence-electron chi connectivity index (χ1n) is 9.68. The molecule has 1 atom stereocenters. The fraction of sp³-hybridized carbons (Fsp3) is 0.381. The van der Waals surface area contributed by atoms with Gasteiger partial charge in [-0.3, -0.25) is 10.1 Å². The van der Waals surface area contributed by atoms with E-state index in [4.69, 9.17) is 16.3 Å². The number of hydrogen-bond donors (Lipinski definition) is 2. The van der Waals surface area contributed by atoms with Crippen LogP contribution in [-0.4, -0.2) is 37.2 Å². The number of non-ortho nitro benzene ring substituents is 1. The number of ether oxygens (including phenoxy) is 1. The van der Waals surface area contributed by atoms with Gasteiger partial charge in [0.25, 0.3) is 5.69 Å². The Kier molecular flexibility index (Phi) is 7.84. The van der Waals surface area contributed by atoms with Gasteiger partial charge in [0, 0.05) is 42.8 Å². The Labute approximate surface area is 175 Å². The molecule has 1 aliphatic heterocycles. The molecule has 0 radical (unpaired) electrons. The normalized spacial score (nSPS) is 16.6. The van der Waals surface area contributed by atoms with E-state index in [0.29, 0.717) is 12.5 Å². The highest BCUT2D eigenvalue weighted by atomic mass is 35.5. The summed E-state index contributed by atoms with van der Waals surface area (Å²) in [7, 11) is 0. The first-order chi connectivity index (χ1) is 14.1. The molecule has 0 aromatic heterocycles. The molecule has 3 rings (SSSR count). The van der Waals surface area contributed by atoms with Crippen LogP contribution in [-0.2, 0) is 17.7 Å². The lowest BCUT2D eigenvalue weighted by Crippen LogP contribution is -2.41. The van der Waals surface area contributed by atoms with E-state index >= 15 is 0 Å². The average molecular weight is 417 g/mol. The Hall–Kier alpha value is -2.64. The second-order valence-corrected chi connectivity index (χ2v) is 7.44. The summed E-state index contributed by atoms with van der Waals surface area (Å²) in [6.07, 6.45) is 1.90. The van der Waals surface area contributed by atoms with Crippen molar-refractivity contribution >= 4 is 23.2 Å². The van der Waals surface area contributed by atoms with Gasteiger partial charge >= 0.3 is 0 Å². The van der Waals surface area contributed by atoms with E-state index in [0.717, 1.165) is 55.7 Å². The van der Waals surface area contributed by atoms with Gasteiger partial charge in [-0.15, -0.1) is 0 Å². The molecular weight excluding hydrogens is 392 g/mol. The zero-order valence-corrected chi connectivity index (χ0v) is 16.9. The van der Waals surface area contributed by atoms with Gasteiger partial charge in [-0.25, -0.2) is 4.99 Å². The predicted molar refractivity (Wildman–Crippen MR) is 114 cm³/mol. The number of guanidine groups is 1. The average Bonchev–Trinajstić information content (AvgIpc) is 3.25. The number of nitro groups is 1. The summed E-state index contributed by atoms with van der Waals surface area (Å²) in [5.41, 5.74) is 2.19. The lowest BCUT2D eigenvalue weighted by molar-refractivity contribution is -0.384. The fourth-order valence-electron chi connectivity index (χ4n) is 3.03. The summed E-state index contributed by atoms with van der Waals surface area (Å²) < 4.78 is 5.43. The second-order valence-electron chi connectivity index (χ2n) is 7.00. The van der Waals surface area contributed by atoms with Crippen molar-refractivity contribution in [1.82, 2.24) is 10.6 Å². The number of benzene rings is 2. The van der Waals surface area contributed by atoms with Crippen LogP contribution in [0.4, 0.5) is 5.69 Å². The largest absolute Gasteiger partial charge is 0.381 e. The maximum absolute atomic E-state index is 10.8. The molecule has 8 heteroatoms. The monoisotopic (exact) mass is 416 g/mol. The van der Waals surface area contributed by atoms with Crippen LogP contribution in [0.15, 0.2) is 53.5 Å². The van der Waals surface area contributed by atoms with Gasteiger partial charge in [-0.1, -0.05) is 35.9 Å². The quantitative estimate of drug-likeness (QED) is 0.297. The second kappa shape index (κ2) is 10.8. The number of nitro benzene ring substituents is 1. The minimum absolute atomic E-state index is 0.0819. The Balaban J connectivity index is 1.56. The maximum atomic E-state index is 10.8. The van der Waals surface area contributed by atoms with Crippen LogP contribution < -0.4 is 10.6 Å². The number of rotatable bonds is 8. The molecule has 154 valence electrons. The lowest BCUT2D eigenvalue weighted by Gasteiger charge is -2.15. The zero-order valence-electron chi connectivity index (χ0n) is 16.1. The molecule has 0 aliphatic carbocycles. The smallest absolute Gasteiger partial charge is 0.269 e. The van der Waals surface area contributed by atoms with Crippen LogP contribution in [0.2, 0.25) is 5.02 Å². The highest BCUT2D eigenvalue weighted by molar-refractivity contribution is 6.30. The Bertz CT molecular complexity index is 819. The minimum atomic E-state index is -0.401. The Morgan fingerprint density at radius 1 is 1.14 bits per heavy atom. The molecule has 1 heterocycles. The van der Waals surface area contributed by atoms with Crippen LogP contribution in [0, 0.1) is 16.0 Å². The maximum Gasteiger partial charge on any atom is 0.269 e. The van der Waals surface area contributed by atoms with Gasteiger partial charge in [0.05, 0.1) is 18.1 Å². The molecule has 0 saturated carbocycles. The molecule has 2 N–H and O–H groups in total. The number of nitrogens with zero attached hydrogens (tertiary/aromatic N) is 2. The van der Waals surface area contributed by atoms with Gasteiger partial charge < -0.3 is 15.4 Å². The minimum Gasteiger partial charge on any atom is -0.381 e.